The van der Waals surface area contributed by atoms with E-state index in [1.54, 1.807) is 32.4 Å². The molecule has 1 heterocycles. The molecule has 0 radical (unpaired) electrons. The lowest BCUT2D eigenvalue weighted by atomic mass is 10.1. The Kier molecular flexibility index (Phi) is 3.35. The van der Waals surface area contributed by atoms with Crippen molar-refractivity contribution < 1.29 is 13.9 Å². The van der Waals surface area contributed by atoms with E-state index in [0.29, 0.717) is 44.8 Å². The number of fused-ring (bicyclic) bond motifs is 1. The quantitative estimate of drug-likeness (QED) is 0.746. The first kappa shape index (κ1) is 13.6. The molecule has 5 nitrogen and oxygen atoms in total. The Labute approximate surface area is 126 Å². The summed E-state index contributed by atoms with van der Waals surface area (Å²) in [6.45, 7) is 0. The minimum Gasteiger partial charge on any atom is -0.493 e. The van der Waals surface area contributed by atoms with Gasteiger partial charge in [0.25, 0.3) is 0 Å². The van der Waals surface area contributed by atoms with Crippen molar-refractivity contribution >= 4 is 28.4 Å². The molecule has 0 aliphatic carbocycles. The number of aromatic nitrogens is 1. The molecule has 0 aliphatic rings. The van der Waals surface area contributed by atoms with Crippen LogP contribution in [0.15, 0.2) is 34.7 Å². The summed E-state index contributed by atoms with van der Waals surface area (Å²) < 4.78 is 16.2. The molecule has 2 N–H and O–H groups in total. The number of rotatable bonds is 3. The molecule has 1 aromatic heterocycles. The van der Waals surface area contributed by atoms with Crippen molar-refractivity contribution in [3.8, 4) is 23.0 Å². The van der Waals surface area contributed by atoms with Crippen LogP contribution in [0, 0.1) is 0 Å². The van der Waals surface area contributed by atoms with Gasteiger partial charge in [-0.25, -0.2) is 4.98 Å². The Morgan fingerprint density at radius 3 is 2.52 bits per heavy atom. The molecule has 0 saturated heterocycles. The number of nitrogen functional groups attached to an aromatic ring is 1. The van der Waals surface area contributed by atoms with E-state index >= 15 is 0 Å². The molecule has 0 unspecified atom stereocenters. The van der Waals surface area contributed by atoms with E-state index in [-0.39, 0.29) is 0 Å². The first-order valence-corrected chi connectivity index (χ1v) is 6.58. The van der Waals surface area contributed by atoms with Crippen LogP contribution in [0.3, 0.4) is 0 Å². The van der Waals surface area contributed by atoms with Gasteiger partial charge in [0.15, 0.2) is 17.1 Å². The predicted octanol–water partition coefficient (Wildman–Crippen LogP) is 3.75. The topological polar surface area (TPSA) is 70.5 Å². The fraction of sp³-hybridized carbons (Fsp3) is 0.133. The van der Waals surface area contributed by atoms with Crippen LogP contribution in [0.5, 0.6) is 11.5 Å². The molecule has 2 aromatic carbocycles. The van der Waals surface area contributed by atoms with Crippen molar-refractivity contribution in [2.75, 3.05) is 20.0 Å². The SMILES string of the molecule is COc1cc(N)c(-c2nc3cccc(Cl)c3o2)cc1OC. The van der Waals surface area contributed by atoms with Crippen LogP contribution >= 0.6 is 11.6 Å². The summed E-state index contributed by atoms with van der Waals surface area (Å²) in [7, 11) is 3.11. The van der Waals surface area contributed by atoms with E-state index in [2.05, 4.69) is 4.98 Å². The van der Waals surface area contributed by atoms with Crippen molar-refractivity contribution in [1.29, 1.82) is 0 Å². The third-order valence-corrected chi connectivity index (χ3v) is 3.45. The molecule has 108 valence electrons. The van der Waals surface area contributed by atoms with E-state index in [1.165, 1.54) is 0 Å². The standard InChI is InChI=1S/C15H13ClN2O3/c1-19-12-6-8(10(17)7-13(12)20-2)15-18-11-5-3-4-9(16)14(11)21-15/h3-7H,17H2,1-2H3. The Morgan fingerprint density at radius 2 is 1.86 bits per heavy atom. The van der Waals surface area contributed by atoms with Gasteiger partial charge in [-0.05, 0) is 18.2 Å². The number of oxazole rings is 1. The van der Waals surface area contributed by atoms with E-state index in [4.69, 9.17) is 31.2 Å². The number of nitrogens with two attached hydrogens (primary N) is 1. The monoisotopic (exact) mass is 304 g/mol. The number of para-hydroxylation sites is 1. The highest BCUT2D eigenvalue weighted by Crippen LogP contribution is 2.38. The highest BCUT2D eigenvalue weighted by atomic mass is 35.5. The summed E-state index contributed by atoms with van der Waals surface area (Å²) in [5.41, 5.74) is 8.35. The van der Waals surface area contributed by atoms with Crippen molar-refractivity contribution in [3.05, 3.63) is 35.4 Å². The fourth-order valence-corrected chi connectivity index (χ4v) is 2.32. The summed E-state index contributed by atoms with van der Waals surface area (Å²) in [5.74, 6) is 1.49. The largest absolute Gasteiger partial charge is 0.493 e. The second-order valence-electron chi connectivity index (χ2n) is 4.40. The van der Waals surface area contributed by atoms with Crippen LogP contribution in [-0.2, 0) is 0 Å². The molecule has 3 rings (SSSR count). The summed E-state index contributed by atoms with van der Waals surface area (Å²) >= 11 is 6.09. The zero-order valence-electron chi connectivity index (χ0n) is 11.5. The van der Waals surface area contributed by atoms with Gasteiger partial charge in [0.2, 0.25) is 5.89 Å². The first-order chi connectivity index (χ1) is 10.1. The number of anilines is 1. The van der Waals surface area contributed by atoms with Gasteiger partial charge in [-0.1, -0.05) is 17.7 Å². The van der Waals surface area contributed by atoms with Crippen molar-refractivity contribution in [3.63, 3.8) is 0 Å². The maximum atomic E-state index is 6.09. The normalized spacial score (nSPS) is 10.8. The summed E-state index contributed by atoms with van der Waals surface area (Å²) in [6, 6.07) is 8.79. The number of halogens is 1. The number of methoxy groups -OCH3 is 2. The van der Waals surface area contributed by atoms with E-state index < -0.39 is 0 Å². The lowest BCUT2D eigenvalue weighted by molar-refractivity contribution is 0.355. The molecule has 0 amide bonds. The van der Waals surface area contributed by atoms with Gasteiger partial charge in [0.1, 0.15) is 5.52 Å². The smallest absolute Gasteiger partial charge is 0.229 e. The van der Waals surface area contributed by atoms with Crippen molar-refractivity contribution in [2.45, 2.75) is 0 Å². The molecule has 3 aromatic rings. The van der Waals surface area contributed by atoms with Gasteiger partial charge < -0.3 is 19.6 Å². The van der Waals surface area contributed by atoms with Gasteiger partial charge in [-0.15, -0.1) is 0 Å². The first-order valence-electron chi connectivity index (χ1n) is 6.21. The van der Waals surface area contributed by atoms with Gasteiger partial charge in [0, 0.05) is 11.8 Å². The summed E-state index contributed by atoms with van der Waals surface area (Å²) in [5, 5.41) is 0.505. The van der Waals surface area contributed by atoms with Crippen LogP contribution in [0.4, 0.5) is 5.69 Å². The number of hydrogen-bond acceptors (Lipinski definition) is 5. The summed E-state index contributed by atoms with van der Waals surface area (Å²) in [6.07, 6.45) is 0. The average molecular weight is 305 g/mol. The Hall–Kier alpha value is -2.40. The number of benzene rings is 2. The third kappa shape index (κ3) is 2.25. The minimum atomic E-state index is 0.386. The molecule has 0 aliphatic heterocycles. The lowest BCUT2D eigenvalue weighted by Gasteiger charge is -2.10. The molecule has 21 heavy (non-hydrogen) atoms. The van der Waals surface area contributed by atoms with E-state index in [0.717, 1.165) is 0 Å². The lowest BCUT2D eigenvalue weighted by Crippen LogP contribution is -1.96. The van der Waals surface area contributed by atoms with Crippen molar-refractivity contribution in [2.24, 2.45) is 0 Å². The van der Waals surface area contributed by atoms with Gasteiger partial charge in [0.05, 0.1) is 24.8 Å². The number of hydrogen-bond donors (Lipinski definition) is 1. The zero-order valence-corrected chi connectivity index (χ0v) is 12.3. The van der Waals surface area contributed by atoms with Gasteiger partial charge >= 0.3 is 0 Å². The minimum absolute atomic E-state index is 0.386. The Morgan fingerprint density at radius 1 is 1.14 bits per heavy atom. The molecule has 0 bridgehead atoms. The van der Waals surface area contributed by atoms with E-state index in [1.807, 2.05) is 12.1 Å². The second-order valence-corrected chi connectivity index (χ2v) is 4.81. The highest BCUT2D eigenvalue weighted by molar-refractivity contribution is 6.34. The van der Waals surface area contributed by atoms with Crippen molar-refractivity contribution in [1.82, 2.24) is 4.98 Å². The van der Waals surface area contributed by atoms with Crippen LogP contribution < -0.4 is 15.2 Å². The molecule has 0 fully saturated rings. The Bertz CT molecular complexity index is 814. The van der Waals surface area contributed by atoms with Crippen LogP contribution in [-0.4, -0.2) is 19.2 Å². The van der Waals surface area contributed by atoms with E-state index in [9.17, 15) is 0 Å². The van der Waals surface area contributed by atoms with Gasteiger partial charge in [-0.3, -0.25) is 0 Å². The van der Waals surface area contributed by atoms with Crippen LogP contribution in [0.1, 0.15) is 0 Å². The number of nitrogens with zero attached hydrogens (tertiary/aromatic N) is 1. The zero-order chi connectivity index (χ0) is 15.0. The van der Waals surface area contributed by atoms with Crippen LogP contribution in [0.2, 0.25) is 5.02 Å². The number of ether oxygens (including phenoxy) is 2. The molecule has 0 saturated carbocycles. The van der Waals surface area contributed by atoms with Crippen LogP contribution in [0.25, 0.3) is 22.6 Å². The summed E-state index contributed by atoms with van der Waals surface area (Å²) in [4.78, 5) is 4.41. The Balaban J connectivity index is 2.20. The predicted molar refractivity (Wildman–Crippen MR) is 82.0 cm³/mol. The molecular weight excluding hydrogens is 292 g/mol. The maximum absolute atomic E-state index is 6.09. The molecule has 6 heteroatoms. The van der Waals surface area contributed by atoms with Gasteiger partial charge in [-0.2, -0.15) is 0 Å². The molecular formula is C15H13ClN2O3. The maximum Gasteiger partial charge on any atom is 0.229 e. The average Bonchev–Trinajstić information content (AvgIpc) is 2.92. The molecule has 0 atom stereocenters. The third-order valence-electron chi connectivity index (χ3n) is 3.15. The highest BCUT2D eigenvalue weighted by Gasteiger charge is 2.16. The fourth-order valence-electron chi connectivity index (χ4n) is 2.11. The second kappa shape index (κ2) is 5.18. The molecule has 0 spiro atoms.